The zero-order chi connectivity index (χ0) is 22.4. The van der Waals surface area contributed by atoms with Gasteiger partial charge in [-0.3, -0.25) is 4.79 Å². The lowest BCUT2D eigenvalue weighted by molar-refractivity contribution is -0.117. The van der Waals surface area contributed by atoms with E-state index in [1.54, 1.807) is 12.4 Å². The van der Waals surface area contributed by atoms with E-state index < -0.39 is 0 Å². The molecule has 1 spiro atoms. The summed E-state index contributed by atoms with van der Waals surface area (Å²) in [5, 5.41) is 3.21. The molecule has 4 aliphatic rings. The van der Waals surface area contributed by atoms with E-state index in [0.717, 1.165) is 86.6 Å². The van der Waals surface area contributed by atoms with E-state index in [1.165, 1.54) is 11.3 Å². The molecule has 6 heteroatoms. The third-order valence-electron chi connectivity index (χ3n) is 7.76. The fourth-order valence-electron chi connectivity index (χ4n) is 6.00. The predicted molar refractivity (Wildman–Crippen MR) is 129 cm³/mol. The first-order valence-electron chi connectivity index (χ1n) is 12.0. The fraction of sp³-hybridized carbons (Fsp3) is 0.370. The number of fused-ring (bicyclic) bond motifs is 2. The van der Waals surface area contributed by atoms with Crippen LogP contribution in [-0.4, -0.2) is 40.4 Å². The van der Waals surface area contributed by atoms with Crippen LogP contribution in [0.5, 0.6) is 0 Å². The molecule has 0 atom stereocenters. The molecule has 0 bridgehead atoms. The molecule has 33 heavy (non-hydrogen) atoms. The monoisotopic (exact) mass is 439 g/mol. The van der Waals surface area contributed by atoms with Gasteiger partial charge in [0.2, 0.25) is 5.95 Å². The molecule has 1 saturated heterocycles. The smallest absolute Gasteiger partial charge is 0.252 e. The van der Waals surface area contributed by atoms with Crippen molar-refractivity contribution in [3.63, 3.8) is 0 Å². The van der Waals surface area contributed by atoms with Crippen LogP contribution < -0.4 is 10.2 Å². The van der Waals surface area contributed by atoms with Crippen molar-refractivity contribution < 1.29 is 4.79 Å². The quantitative estimate of drug-likeness (QED) is 0.753. The number of hydrogen-bond donors (Lipinski definition) is 1. The molecule has 3 aliphatic heterocycles. The van der Waals surface area contributed by atoms with Crippen molar-refractivity contribution in [3.05, 3.63) is 83.5 Å². The second-order valence-corrected chi connectivity index (χ2v) is 9.59. The molecule has 168 valence electrons. The lowest BCUT2D eigenvalue weighted by atomic mass is 9.74. The Labute approximate surface area is 194 Å². The molecular formula is C27H29N5O. The van der Waals surface area contributed by atoms with Crippen LogP contribution in [0, 0.1) is 0 Å². The van der Waals surface area contributed by atoms with Crippen molar-refractivity contribution >= 4 is 17.5 Å². The number of hydrogen-bond acceptors (Lipinski definition) is 5. The van der Waals surface area contributed by atoms with E-state index in [-0.39, 0.29) is 11.3 Å². The first-order chi connectivity index (χ1) is 16.1. The summed E-state index contributed by atoms with van der Waals surface area (Å²) in [6, 6.07) is 10.5. The molecule has 0 unspecified atom stereocenters. The molecule has 0 radical (unpaired) electrons. The largest absolute Gasteiger partial charge is 0.358 e. The molecule has 1 fully saturated rings. The summed E-state index contributed by atoms with van der Waals surface area (Å²) in [5.74, 6) is 1.73. The van der Waals surface area contributed by atoms with Crippen LogP contribution in [0.15, 0.2) is 77.9 Å². The molecule has 2 aromatic rings. The molecule has 1 aliphatic carbocycles. The van der Waals surface area contributed by atoms with Crippen LogP contribution in [0.2, 0.25) is 0 Å². The first kappa shape index (κ1) is 20.2. The number of anilines is 2. The Bertz CT molecular complexity index is 1170. The average Bonchev–Trinajstić information content (AvgIpc) is 3.11. The van der Waals surface area contributed by atoms with Crippen molar-refractivity contribution in [2.24, 2.45) is 0 Å². The van der Waals surface area contributed by atoms with Gasteiger partial charge in [0.15, 0.2) is 0 Å². The molecular weight excluding hydrogens is 410 g/mol. The lowest BCUT2D eigenvalue weighted by Crippen LogP contribution is -2.47. The Morgan fingerprint density at radius 1 is 0.970 bits per heavy atom. The van der Waals surface area contributed by atoms with Gasteiger partial charge in [-0.05, 0) is 73.4 Å². The van der Waals surface area contributed by atoms with Crippen molar-refractivity contribution in [2.75, 3.05) is 24.5 Å². The van der Waals surface area contributed by atoms with Crippen molar-refractivity contribution in [2.45, 2.75) is 43.9 Å². The Morgan fingerprint density at radius 3 is 2.48 bits per heavy atom. The zero-order valence-electron chi connectivity index (χ0n) is 18.9. The number of para-hydroxylation sites is 1. The molecule has 0 saturated carbocycles. The summed E-state index contributed by atoms with van der Waals surface area (Å²) >= 11 is 0. The van der Waals surface area contributed by atoms with E-state index in [1.807, 2.05) is 6.07 Å². The second kappa shape index (κ2) is 7.87. The average molecular weight is 440 g/mol. The fourth-order valence-corrected chi connectivity index (χ4v) is 6.00. The third-order valence-corrected chi connectivity index (χ3v) is 7.76. The molecule has 4 heterocycles. The van der Waals surface area contributed by atoms with Crippen molar-refractivity contribution in [1.29, 1.82) is 0 Å². The van der Waals surface area contributed by atoms with Gasteiger partial charge in [-0.15, -0.1) is 0 Å². The van der Waals surface area contributed by atoms with Crippen LogP contribution in [0.4, 0.5) is 11.6 Å². The Hall–Kier alpha value is -3.41. The van der Waals surface area contributed by atoms with Crippen molar-refractivity contribution in [3.8, 4) is 0 Å². The topological polar surface area (TPSA) is 61.4 Å². The van der Waals surface area contributed by atoms with Gasteiger partial charge in [0.1, 0.15) is 5.82 Å². The maximum absolute atomic E-state index is 13.0. The second-order valence-electron chi connectivity index (χ2n) is 9.59. The summed E-state index contributed by atoms with van der Waals surface area (Å²) in [7, 11) is 0. The highest BCUT2D eigenvalue weighted by Crippen LogP contribution is 2.49. The van der Waals surface area contributed by atoms with Gasteiger partial charge >= 0.3 is 0 Å². The maximum Gasteiger partial charge on any atom is 0.252 e. The highest BCUT2D eigenvalue weighted by Gasteiger charge is 2.46. The van der Waals surface area contributed by atoms with Gasteiger partial charge in [0.25, 0.3) is 5.91 Å². The maximum atomic E-state index is 13.0. The van der Waals surface area contributed by atoms with Gasteiger partial charge in [0, 0.05) is 48.7 Å². The van der Waals surface area contributed by atoms with Crippen LogP contribution in [0.1, 0.15) is 44.1 Å². The van der Waals surface area contributed by atoms with Crippen LogP contribution in [0.3, 0.4) is 0 Å². The number of benzene rings is 1. The Morgan fingerprint density at radius 2 is 1.70 bits per heavy atom. The standard InChI is InChI=1S/C27H29N5O/c1-19-17-24(30-25(33)21-8-3-2-7-20(19)21)31-15-11-27(12-16-31)18-32(26-28-13-6-14-29-26)23-10-5-4-9-22(23)27/h4-6,9-10,13-14,17H,1-3,7-8,11-12,15-16,18H2,(H,30,33). The number of nitrogens with one attached hydrogen (secondary N) is 1. The number of likely N-dealkylation sites (tertiary alicyclic amines) is 1. The Balaban J connectivity index is 1.24. The SMILES string of the molecule is C=C1C=C(N2CCC3(CC2)CN(c2ncccn2)c2ccccc23)NC(=O)C2=C1CCCC2. The number of piperidine rings is 1. The number of amides is 1. The number of aromatic nitrogens is 2. The number of carbonyl (C=O) groups is 1. The van der Waals surface area contributed by atoms with E-state index in [9.17, 15) is 4.79 Å². The van der Waals surface area contributed by atoms with Crippen LogP contribution in [-0.2, 0) is 10.2 Å². The molecule has 6 rings (SSSR count). The highest BCUT2D eigenvalue weighted by atomic mass is 16.1. The van der Waals surface area contributed by atoms with E-state index in [4.69, 9.17) is 0 Å². The van der Waals surface area contributed by atoms with Crippen LogP contribution >= 0.6 is 0 Å². The van der Waals surface area contributed by atoms with E-state index in [2.05, 4.69) is 62.0 Å². The summed E-state index contributed by atoms with van der Waals surface area (Å²) in [4.78, 5) is 26.6. The summed E-state index contributed by atoms with van der Waals surface area (Å²) < 4.78 is 0. The zero-order valence-corrected chi connectivity index (χ0v) is 18.9. The number of carbonyl (C=O) groups excluding carboxylic acids is 1. The normalized spacial score (nSPS) is 22.0. The summed E-state index contributed by atoms with van der Waals surface area (Å²) in [5.41, 5.74) is 5.76. The Kier molecular flexibility index (Phi) is 4.82. The molecule has 1 aromatic carbocycles. The minimum atomic E-state index is 0.0634. The number of nitrogens with zero attached hydrogens (tertiary/aromatic N) is 4. The highest BCUT2D eigenvalue weighted by molar-refractivity contribution is 5.97. The predicted octanol–water partition coefficient (Wildman–Crippen LogP) is 4.36. The third kappa shape index (κ3) is 3.36. The van der Waals surface area contributed by atoms with Gasteiger partial charge < -0.3 is 15.1 Å². The summed E-state index contributed by atoms with van der Waals surface area (Å²) in [6.07, 6.45) is 11.8. The van der Waals surface area contributed by atoms with Crippen molar-refractivity contribution in [1.82, 2.24) is 20.2 Å². The van der Waals surface area contributed by atoms with E-state index in [0.29, 0.717) is 0 Å². The van der Waals surface area contributed by atoms with Gasteiger partial charge in [-0.2, -0.15) is 0 Å². The minimum absolute atomic E-state index is 0.0634. The lowest BCUT2D eigenvalue weighted by Gasteiger charge is -2.41. The number of allylic oxidation sites excluding steroid dienone is 3. The minimum Gasteiger partial charge on any atom is -0.358 e. The molecule has 1 aromatic heterocycles. The van der Waals surface area contributed by atoms with Gasteiger partial charge in [-0.1, -0.05) is 24.8 Å². The number of rotatable bonds is 2. The van der Waals surface area contributed by atoms with E-state index >= 15 is 0 Å². The first-order valence-corrected chi connectivity index (χ1v) is 12.0. The molecule has 6 nitrogen and oxygen atoms in total. The van der Waals surface area contributed by atoms with Gasteiger partial charge in [-0.25, -0.2) is 9.97 Å². The van der Waals surface area contributed by atoms with Gasteiger partial charge in [0.05, 0.1) is 0 Å². The molecule has 1 amide bonds. The summed E-state index contributed by atoms with van der Waals surface area (Å²) in [6.45, 7) is 6.98. The van der Waals surface area contributed by atoms with Crippen LogP contribution in [0.25, 0.3) is 0 Å². The molecule has 1 N–H and O–H groups in total.